The Morgan fingerprint density at radius 1 is 1.25 bits per heavy atom. The van der Waals surface area contributed by atoms with E-state index in [1.165, 1.54) is 0 Å². The molecule has 0 aliphatic rings. The number of aromatic nitrogens is 6. The van der Waals surface area contributed by atoms with Crippen LogP contribution in [0.15, 0.2) is 36.7 Å². The zero-order valence-electron chi connectivity index (χ0n) is 10.4. The van der Waals surface area contributed by atoms with Gasteiger partial charge in [0.1, 0.15) is 5.82 Å². The van der Waals surface area contributed by atoms with Crippen molar-refractivity contribution in [3.63, 3.8) is 0 Å². The normalized spacial score (nSPS) is 10.4. The number of nitrogens with zero attached hydrogens (tertiary/aromatic N) is 4. The molecule has 0 bridgehead atoms. The predicted molar refractivity (Wildman–Crippen MR) is 69.4 cm³/mol. The summed E-state index contributed by atoms with van der Waals surface area (Å²) >= 11 is 0. The Bertz CT molecular complexity index is 673. The van der Waals surface area contributed by atoms with Crippen molar-refractivity contribution in [3.05, 3.63) is 48.0 Å². The van der Waals surface area contributed by atoms with E-state index in [0.29, 0.717) is 23.8 Å². The molecule has 0 radical (unpaired) electrons. The van der Waals surface area contributed by atoms with Gasteiger partial charge < -0.3 is 10.3 Å². The lowest BCUT2D eigenvalue weighted by Crippen LogP contribution is -2.23. The first-order chi connectivity index (χ1) is 9.83. The number of imidazole rings is 1. The summed E-state index contributed by atoms with van der Waals surface area (Å²) in [7, 11) is 0. The molecule has 0 aliphatic carbocycles. The van der Waals surface area contributed by atoms with Crippen LogP contribution in [0.1, 0.15) is 16.2 Å². The standard InChI is InChI=1S/C12H11N7O/c20-12(15-7-10-13-5-6-14-10)9-3-1-8(2-4-9)11-16-18-19-17-11/h1-6H,7H2,(H,13,14)(H,15,20)(H,16,17,18,19). The minimum absolute atomic E-state index is 0.166. The van der Waals surface area contributed by atoms with Crippen molar-refractivity contribution in [2.24, 2.45) is 0 Å². The maximum atomic E-state index is 11.9. The second-order valence-corrected chi connectivity index (χ2v) is 4.03. The highest BCUT2D eigenvalue weighted by Gasteiger charge is 2.08. The van der Waals surface area contributed by atoms with Gasteiger partial charge >= 0.3 is 0 Å². The largest absolute Gasteiger partial charge is 0.347 e. The fourth-order valence-corrected chi connectivity index (χ4v) is 1.72. The van der Waals surface area contributed by atoms with Crippen molar-refractivity contribution >= 4 is 5.91 Å². The summed E-state index contributed by atoms with van der Waals surface area (Å²) in [5.41, 5.74) is 1.35. The Labute approximate surface area is 113 Å². The third-order valence-electron chi connectivity index (χ3n) is 2.72. The maximum absolute atomic E-state index is 11.9. The van der Waals surface area contributed by atoms with Gasteiger partial charge in [-0.15, -0.1) is 10.2 Å². The van der Waals surface area contributed by atoms with E-state index in [1.807, 2.05) is 0 Å². The van der Waals surface area contributed by atoms with Gasteiger partial charge in [-0.05, 0) is 17.3 Å². The Balaban J connectivity index is 1.66. The molecule has 3 N–H and O–H groups in total. The SMILES string of the molecule is O=C(NCc1ncc[nH]1)c1ccc(-c2nn[nH]n2)cc1. The van der Waals surface area contributed by atoms with Crippen LogP contribution in [-0.4, -0.2) is 36.5 Å². The third-order valence-corrected chi connectivity index (χ3v) is 2.72. The molecule has 0 atom stereocenters. The zero-order valence-corrected chi connectivity index (χ0v) is 10.4. The van der Waals surface area contributed by atoms with Crippen LogP contribution in [-0.2, 0) is 6.54 Å². The summed E-state index contributed by atoms with van der Waals surface area (Å²) in [6.45, 7) is 0.360. The van der Waals surface area contributed by atoms with Crippen molar-refractivity contribution in [2.75, 3.05) is 0 Å². The van der Waals surface area contributed by atoms with E-state index in [2.05, 4.69) is 35.9 Å². The monoisotopic (exact) mass is 269 g/mol. The lowest BCUT2D eigenvalue weighted by atomic mass is 10.1. The topological polar surface area (TPSA) is 112 Å². The zero-order chi connectivity index (χ0) is 13.8. The molecule has 20 heavy (non-hydrogen) atoms. The molecule has 0 saturated carbocycles. The Morgan fingerprint density at radius 3 is 2.75 bits per heavy atom. The second-order valence-electron chi connectivity index (χ2n) is 4.03. The van der Waals surface area contributed by atoms with E-state index in [9.17, 15) is 4.79 Å². The van der Waals surface area contributed by atoms with Crippen LogP contribution in [0.25, 0.3) is 11.4 Å². The number of carbonyl (C=O) groups excluding carboxylic acids is 1. The number of aromatic amines is 2. The van der Waals surface area contributed by atoms with E-state index in [1.54, 1.807) is 36.7 Å². The van der Waals surface area contributed by atoms with Crippen LogP contribution in [0.2, 0.25) is 0 Å². The van der Waals surface area contributed by atoms with E-state index in [4.69, 9.17) is 0 Å². The fraction of sp³-hybridized carbons (Fsp3) is 0.0833. The van der Waals surface area contributed by atoms with Crippen LogP contribution < -0.4 is 5.32 Å². The molecule has 3 rings (SSSR count). The number of benzene rings is 1. The molecule has 0 unspecified atom stereocenters. The van der Waals surface area contributed by atoms with Crippen LogP contribution in [0.4, 0.5) is 0 Å². The van der Waals surface area contributed by atoms with E-state index in [-0.39, 0.29) is 5.91 Å². The van der Waals surface area contributed by atoms with Gasteiger partial charge in [-0.3, -0.25) is 4.79 Å². The fourth-order valence-electron chi connectivity index (χ4n) is 1.72. The van der Waals surface area contributed by atoms with Gasteiger partial charge in [0.2, 0.25) is 5.82 Å². The number of H-pyrrole nitrogens is 2. The first-order valence-electron chi connectivity index (χ1n) is 5.93. The van der Waals surface area contributed by atoms with Gasteiger partial charge in [-0.1, -0.05) is 12.1 Å². The molecule has 0 fully saturated rings. The van der Waals surface area contributed by atoms with Crippen LogP contribution >= 0.6 is 0 Å². The molecule has 8 heteroatoms. The lowest BCUT2D eigenvalue weighted by molar-refractivity contribution is 0.0950. The van der Waals surface area contributed by atoms with Crippen LogP contribution in [0.5, 0.6) is 0 Å². The number of hydrogen-bond acceptors (Lipinski definition) is 5. The summed E-state index contributed by atoms with van der Waals surface area (Å²) in [6, 6.07) is 6.96. The molecule has 0 saturated heterocycles. The van der Waals surface area contributed by atoms with Gasteiger partial charge in [0.25, 0.3) is 5.91 Å². The number of amides is 1. The van der Waals surface area contributed by atoms with Crippen molar-refractivity contribution in [2.45, 2.75) is 6.54 Å². The summed E-state index contributed by atoms with van der Waals surface area (Å²) in [5, 5.41) is 16.4. The van der Waals surface area contributed by atoms with Gasteiger partial charge in [0.15, 0.2) is 0 Å². The minimum atomic E-state index is -0.166. The molecule has 0 aliphatic heterocycles. The van der Waals surface area contributed by atoms with Gasteiger partial charge in [0, 0.05) is 23.5 Å². The summed E-state index contributed by atoms with van der Waals surface area (Å²) in [4.78, 5) is 18.9. The van der Waals surface area contributed by atoms with Gasteiger partial charge in [-0.2, -0.15) is 5.21 Å². The molecule has 8 nitrogen and oxygen atoms in total. The van der Waals surface area contributed by atoms with Crippen molar-refractivity contribution in [1.29, 1.82) is 0 Å². The van der Waals surface area contributed by atoms with Crippen molar-refractivity contribution in [3.8, 4) is 11.4 Å². The molecule has 3 aromatic rings. The van der Waals surface area contributed by atoms with Crippen LogP contribution in [0.3, 0.4) is 0 Å². The number of rotatable bonds is 4. The van der Waals surface area contributed by atoms with Crippen molar-refractivity contribution in [1.82, 2.24) is 35.9 Å². The minimum Gasteiger partial charge on any atom is -0.347 e. The molecular formula is C12H11N7O. The van der Waals surface area contributed by atoms with E-state index < -0.39 is 0 Å². The first-order valence-corrected chi connectivity index (χ1v) is 5.93. The highest BCUT2D eigenvalue weighted by atomic mass is 16.1. The molecule has 1 amide bonds. The number of nitrogens with one attached hydrogen (secondary N) is 3. The van der Waals surface area contributed by atoms with E-state index >= 15 is 0 Å². The van der Waals surface area contributed by atoms with Gasteiger partial charge in [-0.25, -0.2) is 4.98 Å². The lowest BCUT2D eigenvalue weighted by Gasteiger charge is -2.03. The smallest absolute Gasteiger partial charge is 0.251 e. The maximum Gasteiger partial charge on any atom is 0.251 e. The number of hydrogen-bond donors (Lipinski definition) is 3. The molecule has 0 spiro atoms. The summed E-state index contributed by atoms with van der Waals surface area (Å²) in [6.07, 6.45) is 3.35. The molecular weight excluding hydrogens is 258 g/mol. The number of tetrazole rings is 1. The van der Waals surface area contributed by atoms with Crippen LogP contribution in [0, 0.1) is 0 Å². The highest BCUT2D eigenvalue weighted by Crippen LogP contribution is 2.13. The average molecular weight is 269 g/mol. The van der Waals surface area contributed by atoms with E-state index in [0.717, 1.165) is 5.56 Å². The molecule has 1 aromatic carbocycles. The van der Waals surface area contributed by atoms with Gasteiger partial charge in [0.05, 0.1) is 6.54 Å². The quantitative estimate of drug-likeness (QED) is 0.639. The average Bonchev–Trinajstić information content (AvgIpc) is 3.18. The molecule has 100 valence electrons. The molecule has 2 heterocycles. The predicted octanol–water partition coefficient (Wildman–Crippen LogP) is 0.520. The Kier molecular flexibility index (Phi) is 3.19. The summed E-state index contributed by atoms with van der Waals surface area (Å²) < 4.78 is 0. The van der Waals surface area contributed by atoms with Crippen molar-refractivity contribution < 1.29 is 4.79 Å². The third kappa shape index (κ3) is 2.53. The summed E-state index contributed by atoms with van der Waals surface area (Å²) in [5.74, 6) is 1.04. The highest BCUT2D eigenvalue weighted by molar-refractivity contribution is 5.94. The molecule has 2 aromatic heterocycles. The second kappa shape index (κ2) is 5.31. The number of carbonyl (C=O) groups is 1. The first kappa shape index (κ1) is 12.0. The Hall–Kier alpha value is -3.03. The Morgan fingerprint density at radius 2 is 2.10 bits per heavy atom.